The average Bonchev–Trinajstić information content (AvgIpc) is 2.28. The zero-order chi connectivity index (χ0) is 13.3. The van der Waals surface area contributed by atoms with Crippen molar-refractivity contribution in [2.75, 3.05) is 13.1 Å². The van der Waals surface area contributed by atoms with Crippen molar-refractivity contribution in [3.05, 3.63) is 0 Å². The molecule has 2 atom stereocenters. The summed E-state index contributed by atoms with van der Waals surface area (Å²) in [6.45, 7) is 10.8. The highest BCUT2D eigenvalue weighted by atomic mass is 16.4. The van der Waals surface area contributed by atoms with Crippen LogP contribution in [0.4, 0.5) is 0 Å². The molecule has 0 saturated carbocycles. The fourth-order valence-corrected chi connectivity index (χ4v) is 2.15. The second kappa shape index (κ2) is 9.46. The number of hydrogen-bond acceptors (Lipinski definition) is 2. The number of carbonyl (C=O) groups is 1. The summed E-state index contributed by atoms with van der Waals surface area (Å²) in [4.78, 5) is 13.2. The van der Waals surface area contributed by atoms with Crippen LogP contribution < -0.4 is 0 Å². The van der Waals surface area contributed by atoms with Gasteiger partial charge in [-0.15, -0.1) is 0 Å². The van der Waals surface area contributed by atoms with E-state index in [1.54, 1.807) is 6.92 Å². The fourth-order valence-electron chi connectivity index (χ4n) is 2.15. The molecule has 0 radical (unpaired) electrons. The normalized spacial score (nSPS) is 14.9. The molecule has 0 fully saturated rings. The van der Waals surface area contributed by atoms with Gasteiger partial charge in [-0.1, -0.05) is 27.2 Å². The molecule has 0 aliphatic rings. The number of aliphatic carboxylic acids is 1. The average molecular weight is 243 g/mol. The Kier molecular flexibility index (Phi) is 9.14. The van der Waals surface area contributed by atoms with Crippen molar-refractivity contribution < 1.29 is 9.90 Å². The van der Waals surface area contributed by atoms with E-state index in [0.717, 1.165) is 32.4 Å². The number of rotatable bonds is 10. The standard InChI is InChI=1S/C14H29NO2/c1-5-10-15(11-6-2)13(4)9-7-8-12(3)14(16)17/h12-13H,5-11H2,1-4H3,(H,16,17). The third-order valence-corrected chi connectivity index (χ3v) is 3.33. The van der Waals surface area contributed by atoms with Gasteiger partial charge < -0.3 is 10.0 Å². The molecular weight excluding hydrogens is 214 g/mol. The highest BCUT2D eigenvalue weighted by molar-refractivity contribution is 5.69. The number of carboxylic acid groups (broad SMARTS) is 1. The van der Waals surface area contributed by atoms with Crippen LogP contribution in [0, 0.1) is 5.92 Å². The maximum absolute atomic E-state index is 10.7. The molecule has 0 rings (SSSR count). The maximum atomic E-state index is 10.7. The Morgan fingerprint density at radius 3 is 2.06 bits per heavy atom. The van der Waals surface area contributed by atoms with E-state index in [2.05, 4.69) is 25.7 Å². The first-order valence-corrected chi connectivity index (χ1v) is 6.99. The second-order valence-electron chi connectivity index (χ2n) is 5.06. The molecule has 3 heteroatoms. The van der Waals surface area contributed by atoms with Crippen LogP contribution in [0.1, 0.15) is 59.8 Å². The van der Waals surface area contributed by atoms with E-state index < -0.39 is 5.97 Å². The van der Waals surface area contributed by atoms with E-state index in [1.165, 1.54) is 12.8 Å². The van der Waals surface area contributed by atoms with E-state index in [4.69, 9.17) is 5.11 Å². The quantitative estimate of drug-likeness (QED) is 0.639. The summed E-state index contributed by atoms with van der Waals surface area (Å²) in [5.41, 5.74) is 0. The molecule has 3 nitrogen and oxygen atoms in total. The van der Waals surface area contributed by atoms with Gasteiger partial charge >= 0.3 is 5.97 Å². The van der Waals surface area contributed by atoms with Gasteiger partial charge in [-0.25, -0.2) is 0 Å². The van der Waals surface area contributed by atoms with Gasteiger partial charge in [0.05, 0.1) is 5.92 Å². The predicted molar refractivity (Wildman–Crippen MR) is 72.3 cm³/mol. The van der Waals surface area contributed by atoms with E-state index in [9.17, 15) is 4.79 Å². The zero-order valence-corrected chi connectivity index (χ0v) is 11.9. The number of nitrogens with zero attached hydrogens (tertiary/aromatic N) is 1. The molecule has 2 unspecified atom stereocenters. The van der Waals surface area contributed by atoms with Crippen LogP contribution in [-0.2, 0) is 4.79 Å². The van der Waals surface area contributed by atoms with Gasteiger partial charge in [0.25, 0.3) is 0 Å². The summed E-state index contributed by atoms with van der Waals surface area (Å²) in [7, 11) is 0. The number of hydrogen-bond donors (Lipinski definition) is 1. The lowest BCUT2D eigenvalue weighted by molar-refractivity contribution is -0.141. The summed E-state index contributed by atoms with van der Waals surface area (Å²) >= 11 is 0. The molecule has 0 aromatic heterocycles. The minimum absolute atomic E-state index is 0.201. The molecule has 0 spiro atoms. The molecule has 102 valence electrons. The molecule has 0 aromatic rings. The maximum Gasteiger partial charge on any atom is 0.306 e. The highest BCUT2D eigenvalue weighted by Crippen LogP contribution is 2.13. The fraction of sp³-hybridized carbons (Fsp3) is 0.929. The summed E-state index contributed by atoms with van der Waals surface area (Å²) in [5.74, 6) is -0.871. The Labute approximate surface area is 106 Å². The third kappa shape index (κ3) is 7.37. The van der Waals surface area contributed by atoms with Gasteiger partial charge in [0.15, 0.2) is 0 Å². The van der Waals surface area contributed by atoms with Crippen LogP contribution in [0.5, 0.6) is 0 Å². The van der Waals surface area contributed by atoms with Crippen LogP contribution in [-0.4, -0.2) is 35.1 Å². The summed E-state index contributed by atoms with van der Waals surface area (Å²) < 4.78 is 0. The van der Waals surface area contributed by atoms with Gasteiger partial charge in [0, 0.05) is 6.04 Å². The van der Waals surface area contributed by atoms with E-state index in [1.807, 2.05) is 0 Å². The van der Waals surface area contributed by atoms with Crippen molar-refractivity contribution in [1.29, 1.82) is 0 Å². The summed E-state index contributed by atoms with van der Waals surface area (Å²) in [6, 6.07) is 0.580. The first kappa shape index (κ1) is 16.4. The lowest BCUT2D eigenvalue weighted by atomic mass is 10.0. The Morgan fingerprint density at radius 2 is 1.65 bits per heavy atom. The van der Waals surface area contributed by atoms with E-state index in [-0.39, 0.29) is 5.92 Å². The van der Waals surface area contributed by atoms with Crippen LogP contribution in [0.2, 0.25) is 0 Å². The molecule has 0 saturated heterocycles. The monoisotopic (exact) mass is 243 g/mol. The molecule has 0 aliphatic carbocycles. The molecular formula is C14H29NO2. The van der Waals surface area contributed by atoms with Gasteiger partial charge in [-0.2, -0.15) is 0 Å². The predicted octanol–water partition coefficient (Wildman–Crippen LogP) is 3.39. The topological polar surface area (TPSA) is 40.5 Å². The van der Waals surface area contributed by atoms with Crippen LogP contribution >= 0.6 is 0 Å². The summed E-state index contributed by atoms with van der Waals surface area (Å²) in [5, 5.41) is 8.81. The van der Waals surface area contributed by atoms with E-state index in [0.29, 0.717) is 6.04 Å². The van der Waals surface area contributed by atoms with Crippen molar-refractivity contribution in [3.63, 3.8) is 0 Å². The van der Waals surface area contributed by atoms with Gasteiger partial charge in [-0.05, 0) is 45.7 Å². The van der Waals surface area contributed by atoms with Gasteiger partial charge in [-0.3, -0.25) is 4.79 Å². The Morgan fingerprint density at radius 1 is 1.12 bits per heavy atom. The first-order valence-electron chi connectivity index (χ1n) is 6.99. The van der Waals surface area contributed by atoms with Crippen molar-refractivity contribution in [2.24, 2.45) is 5.92 Å². The lowest BCUT2D eigenvalue weighted by Gasteiger charge is -2.28. The van der Waals surface area contributed by atoms with Crippen molar-refractivity contribution in [2.45, 2.75) is 65.8 Å². The van der Waals surface area contributed by atoms with Gasteiger partial charge in [0.1, 0.15) is 0 Å². The first-order chi connectivity index (χ1) is 8.02. The molecule has 0 aliphatic heterocycles. The number of carboxylic acids is 1. The summed E-state index contributed by atoms with van der Waals surface area (Å²) in [6.07, 6.45) is 5.30. The largest absolute Gasteiger partial charge is 0.481 e. The molecule has 0 bridgehead atoms. The highest BCUT2D eigenvalue weighted by Gasteiger charge is 2.14. The SMILES string of the molecule is CCCN(CCC)C(C)CCCC(C)C(=O)O. The third-order valence-electron chi connectivity index (χ3n) is 3.33. The van der Waals surface area contributed by atoms with Crippen molar-refractivity contribution >= 4 is 5.97 Å². The Bertz CT molecular complexity index is 200. The molecule has 0 heterocycles. The second-order valence-corrected chi connectivity index (χ2v) is 5.06. The smallest absolute Gasteiger partial charge is 0.306 e. The Hall–Kier alpha value is -0.570. The van der Waals surface area contributed by atoms with Crippen LogP contribution in [0.15, 0.2) is 0 Å². The lowest BCUT2D eigenvalue weighted by Crippen LogP contribution is -2.34. The minimum atomic E-state index is -0.670. The molecule has 1 N–H and O–H groups in total. The van der Waals surface area contributed by atoms with E-state index >= 15 is 0 Å². The van der Waals surface area contributed by atoms with Crippen molar-refractivity contribution in [1.82, 2.24) is 4.90 Å². The van der Waals surface area contributed by atoms with Crippen molar-refractivity contribution in [3.8, 4) is 0 Å². The molecule has 0 amide bonds. The Balaban J connectivity index is 3.88. The van der Waals surface area contributed by atoms with Crippen LogP contribution in [0.25, 0.3) is 0 Å². The molecule has 17 heavy (non-hydrogen) atoms. The van der Waals surface area contributed by atoms with Crippen LogP contribution in [0.3, 0.4) is 0 Å². The minimum Gasteiger partial charge on any atom is -0.481 e. The zero-order valence-electron chi connectivity index (χ0n) is 11.9. The molecule has 0 aromatic carbocycles. The van der Waals surface area contributed by atoms with Gasteiger partial charge in [0.2, 0.25) is 0 Å².